The quantitative estimate of drug-likeness (QED) is 0.771. The van der Waals surface area contributed by atoms with E-state index in [4.69, 9.17) is 5.73 Å². The average molecular weight is 340 g/mol. The number of carbonyl (C=O) groups excluding carboxylic acids is 2. The molecule has 0 saturated heterocycles. The highest BCUT2D eigenvalue weighted by Gasteiger charge is 2.25. The number of hydrogen-bond donors (Lipinski definition) is 3. The summed E-state index contributed by atoms with van der Waals surface area (Å²) in [6.07, 6.45) is 3.62. The van der Waals surface area contributed by atoms with Gasteiger partial charge >= 0.3 is 0 Å². The van der Waals surface area contributed by atoms with Crippen LogP contribution >= 0.6 is 12.4 Å². The second-order valence-corrected chi connectivity index (χ2v) is 6.31. The van der Waals surface area contributed by atoms with E-state index in [9.17, 15) is 9.59 Å². The molecule has 1 aromatic rings. The van der Waals surface area contributed by atoms with Crippen molar-refractivity contribution in [1.82, 2.24) is 5.32 Å². The lowest BCUT2D eigenvalue weighted by molar-refractivity contribution is -0.117. The SMILES string of the molecule is CC(C)NC(=O)c1ccc(NC(=O)C[C@@H]2CCC[C@H]2N)cc1.Cl. The normalized spacial score (nSPS) is 20.0. The van der Waals surface area contributed by atoms with Crippen molar-refractivity contribution in [3.8, 4) is 0 Å². The summed E-state index contributed by atoms with van der Waals surface area (Å²) >= 11 is 0. The van der Waals surface area contributed by atoms with Crippen LogP contribution in [0.4, 0.5) is 5.69 Å². The zero-order valence-electron chi connectivity index (χ0n) is 13.7. The zero-order valence-corrected chi connectivity index (χ0v) is 14.5. The molecule has 2 atom stereocenters. The Balaban J connectivity index is 0.00000264. The molecule has 1 aliphatic carbocycles. The van der Waals surface area contributed by atoms with E-state index in [1.165, 1.54) is 0 Å². The first-order valence-corrected chi connectivity index (χ1v) is 7.92. The molecule has 1 aromatic carbocycles. The monoisotopic (exact) mass is 339 g/mol. The molecule has 0 unspecified atom stereocenters. The standard InChI is InChI=1S/C17H25N3O2.ClH/c1-11(2)19-17(22)12-6-8-14(9-7-12)20-16(21)10-13-4-3-5-15(13)18;/h6-9,11,13,15H,3-5,10,18H2,1-2H3,(H,19,22)(H,20,21);1H/t13-,15+;/m0./s1. The lowest BCUT2D eigenvalue weighted by atomic mass is 10.00. The lowest BCUT2D eigenvalue weighted by Gasteiger charge is -2.15. The van der Waals surface area contributed by atoms with Crippen LogP contribution in [0.5, 0.6) is 0 Å². The molecule has 128 valence electrons. The summed E-state index contributed by atoms with van der Waals surface area (Å²) in [5, 5.41) is 5.70. The van der Waals surface area contributed by atoms with Crippen molar-refractivity contribution in [1.29, 1.82) is 0 Å². The van der Waals surface area contributed by atoms with Gasteiger partial charge in [-0.1, -0.05) is 6.42 Å². The van der Waals surface area contributed by atoms with E-state index in [1.807, 2.05) is 13.8 Å². The number of hydrogen-bond acceptors (Lipinski definition) is 3. The maximum absolute atomic E-state index is 12.0. The number of nitrogens with two attached hydrogens (primary N) is 1. The largest absolute Gasteiger partial charge is 0.350 e. The predicted octanol–water partition coefficient (Wildman–Crippen LogP) is 2.70. The van der Waals surface area contributed by atoms with Gasteiger partial charge in [0, 0.05) is 29.8 Å². The van der Waals surface area contributed by atoms with E-state index in [1.54, 1.807) is 24.3 Å². The second-order valence-electron chi connectivity index (χ2n) is 6.31. The minimum absolute atomic E-state index is 0. The van der Waals surface area contributed by atoms with Gasteiger partial charge in [-0.2, -0.15) is 0 Å². The minimum Gasteiger partial charge on any atom is -0.350 e. The molecule has 0 aliphatic heterocycles. The Bertz CT molecular complexity index is 531. The van der Waals surface area contributed by atoms with Crippen LogP contribution in [0.15, 0.2) is 24.3 Å². The highest BCUT2D eigenvalue weighted by Crippen LogP contribution is 2.27. The molecule has 5 nitrogen and oxygen atoms in total. The fraction of sp³-hybridized carbons (Fsp3) is 0.529. The van der Waals surface area contributed by atoms with Gasteiger partial charge in [-0.25, -0.2) is 0 Å². The number of halogens is 1. The first-order valence-electron chi connectivity index (χ1n) is 7.92. The van der Waals surface area contributed by atoms with Crippen LogP contribution in [0.1, 0.15) is 49.9 Å². The molecule has 23 heavy (non-hydrogen) atoms. The van der Waals surface area contributed by atoms with Crippen LogP contribution in [0.25, 0.3) is 0 Å². The van der Waals surface area contributed by atoms with E-state index in [2.05, 4.69) is 10.6 Å². The lowest BCUT2D eigenvalue weighted by Crippen LogP contribution is -2.30. The Hall–Kier alpha value is -1.59. The van der Waals surface area contributed by atoms with Crippen molar-refractivity contribution in [3.05, 3.63) is 29.8 Å². The van der Waals surface area contributed by atoms with Crippen molar-refractivity contribution in [2.24, 2.45) is 11.7 Å². The first kappa shape index (κ1) is 19.5. The summed E-state index contributed by atoms with van der Waals surface area (Å²) in [4.78, 5) is 23.9. The van der Waals surface area contributed by atoms with Crippen molar-refractivity contribution < 1.29 is 9.59 Å². The van der Waals surface area contributed by atoms with Crippen LogP contribution in [-0.4, -0.2) is 23.9 Å². The van der Waals surface area contributed by atoms with Crippen molar-refractivity contribution in [2.75, 3.05) is 5.32 Å². The van der Waals surface area contributed by atoms with Gasteiger partial charge in [-0.05, 0) is 56.9 Å². The number of anilines is 1. The van der Waals surface area contributed by atoms with Gasteiger partial charge in [0.1, 0.15) is 0 Å². The molecule has 0 aromatic heterocycles. The predicted molar refractivity (Wildman–Crippen MR) is 94.9 cm³/mol. The van der Waals surface area contributed by atoms with E-state index in [0.29, 0.717) is 17.7 Å². The van der Waals surface area contributed by atoms with Gasteiger partial charge in [0.15, 0.2) is 0 Å². The third-order valence-corrected chi connectivity index (χ3v) is 4.02. The third kappa shape index (κ3) is 5.84. The summed E-state index contributed by atoms with van der Waals surface area (Å²) in [7, 11) is 0. The summed E-state index contributed by atoms with van der Waals surface area (Å²) in [6.45, 7) is 3.83. The molecular weight excluding hydrogens is 314 g/mol. The maximum Gasteiger partial charge on any atom is 0.251 e. The van der Waals surface area contributed by atoms with Crippen molar-refractivity contribution in [2.45, 2.75) is 51.6 Å². The molecule has 1 saturated carbocycles. The summed E-state index contributed by atoms with van der Waals surface area (Å²) in [5.41, 5.74) is 7.28. The summed E-state index contributed by atoms with van der Waals surface area (Å²) in [6, 6.07) is 7.18. The average Bonchev–Trinajstić information content (AvgIpc) is 2.84. The molecule has 1 aliphatic rings. The molecule has 2 amide bonds. The Morgan fingerprint density at radius 1 is 1.22 bits per heavy atom. The van der Waals surface area contributed by atoms with E-state index < -0.39 is 0 Å². The maximum atomic E-state index is 12.0. The number of rotatable bonds is 5. The number of nitrogens with one attached hydrogen (secondary N) is 2. The summed E-state index contributed by atoms with van der Waals surface area (Å²) in [5.74, 6) is 0.169. The highest BCUT2D eigenvalue weighted by atomic mass is 35.5. The molecule has 1 fully saturated rings. The van der Waals surface area contributed by atoms with Gasteiger partial charge < -0.3 is 16.4 Å². The van der Waals surface area contributed by atoms with Crippen molar-refractivity contribution >= 4 is 29.9 Å². The molecule has 0 bridgehead atoms. The van der Waals surface area contributed by atoms with Crippen LogP contribution in [-0.2, 0) is 4.79 Å². The topological polar surface area (TPSA) is 84.2 Å². The first-order chi connectivity index (χ1) is 10.5. The fourth-order valence-electron chi connectivity index (χ4n) is 2.82. The molecular formula is C17H26ClN3O2. The molecule has 0 spiro atoms. The van der Waals surface area contributed by atoms with E-state index in [-0.39, 0.29) is 42.2 Å². The Morgan fingerprint density at radius 3 is 2.39 bits per heavy atom. The molecule has 0 heterocycles. The van der Waals surface area contributed by atoms with E-state index in [0.717, 1.165) is 19.3 Å². The number of carbonyl (C=O) groups is 2. The van der Waals surface area contributed by atoms with Gasteiger partial charge in [-0.15, -0.1) is 12.4 Å². The minimum atomic E-state index is -0.107. The van der Waals surface area contributed by atoms with Gasteiger partial charge in [-0.3, -0.25) is 9.59 Å². The molecule has 6 heteroatoms. The van der Waals surface area contributed by atoms with Crippen LogP contribution in [0.3, 0.4) is 0 Å². The zero-order chi connectivity index (χ0) is 16.1. The smallest absolute Gasteiger partial charge is 0.251 e. The van der Waals surface area contributed by atoms with Gasteiger partial charge in [0.2, 0.25) is 5.91 Å². The van der Waals surface area contributed by atoms with Gasteiger partial charge in [0.25, 0.3) is 5.91 Å². The van der Waals surface area contributed by atoms with Crippen molar-refractivity contribution in [3.63, 3.8) is 0 Å². The fourth-order valence-corrected chi connectivity index (χ4v) is 2.82. The molecule has 4 N–H and O–H groups in total. The molecule has 0 radical (unpaired) electrons. The van der Waals surface area contributed by atoms with Crippen LogP contribution in [0.2, 0.25) is 0 Å². The second kappa shape index (κ2) is 8.89. The highest BCUT2D eigenvalue weighted by molar-refractivity contribution is 5.96. The third-order valence-electron chi connectivity index (χ3n) is 4.02. The van der Waals surface area contributed by atoms with Crippen LogP contribution in [0, 0.1) is 5.92 Å². The Kier molecular flexibility index (Phi) is 7.52. The van der Waals surface area contributed by atoms with Crippen LogP contribution < -0.4 is 16.4 Å². The number of amides is 2. The van der Waals surface area contributed by atoms with Gasteiger partial charge in [0.05, 0.1) is 0 Å². The Labute approximate surface area is 143 Å². The number of benzene rings is 1. The molecule has 2 rings (SSSR count). The Morgan fingerprint density at radius 2 is 1.87 bits per heavy atom. The van der Waals surface area contributed by atoms with E-state index >= 15 is 0 Å². The summed E-state index contributed by atoms with van der Waals surface area (Å²) < 4.78 is 0.